The van der Waals surface area contributed by atoms with Gasteiger partial charge in [0.15, 0.2) is 0 Å². The summed E-state index contributed by atoms with van der Waals surface area (Å²) in [4.78, 5) is 22.9. The van der Waals surface area contributed by atoms with Gasteiger partial charge in [0.05, 0.1) is 0 Å². The monoisotopic (exact) mass is 382 g/mol. The first-order valence-electron chi connectivity index (χ1n) is 8.84. The van der Waals surface area contributed by atoms with Crippen molar-refractivity contribution in [3.63, 3.8) is 0 Å². The molecule has 1 heterocycles. The van der Waals surface area contributed by atoms with E-state index >= 15 is 0 Å². The molecular weight excluding hydrogens is 362 g/mol. The molecule has 0 unspecified atom stereocenters. The molecule has 1 aromatic heterocycles. The highest BCUT2D eigenvalue weighted by atomic mass is 19.1. The number of nitrogens with one attached hydrogen (secondary N) is 1. The van der Waals surface area contributed by atoms with Crippen LogP contribution in [0.25, 0.3) is 0 Å². The van der Waals surface area contributed by atoms with Crippen molar-refractivity contribution >= 4 is 23.2 Å². The van der Waals surface area contributed by atoms with E-state index in [-0.39, 0.29) is 23.2 Å². The Balaban J connectivity index is 1.95. The number of anilines is 3. The summed E-state index contributed by atoms with van der Waals surface area (Å²) in [5.74, 6) is -1.91. The lowest BCUT2D eigenvalue weighted by molar-refractivity contribution is 0.0983. The molecule has 0 aliphatic carbocycles. The lowest BCUT2D eigenvalue weighted by Crippen LogP contribution is -2.31. The molecule has 5 nitrogen and oxygen atoms in total. The van der Waals surface area contributed by atoms with Crippen molar-refractivity contribution < 1.29 is 13.6 Å². The maximum Gasteiger partial charge on any atom is 0.277 e. The third-order valence-corrected chi connectivity index (χ3v) is 4.15. The van der Waals surface area contributed by atoms with Crippen molar-refractivity contribution in [1.82, 2.24) is 9.97 Å². The van der Waals surface area contributed by atoms with Gasteiger partial charge in [-0.2, -0.15) is 0 Å². The van der Waals surface area contributed by atoms with Gasteiger partial charge in [0.2, 0.25) is 5.95 Å². The Morgan fingerprint density at radius 2 is 1.71 bits per heavy atom. The summed E-state index contributed by atoms with van der Waals surface area (Å²) in [5.41, 5.74) is 2.05. The topological polar surface area (TPSA) is 58.1 Å². The van der Waals surface area contributed by atoms with Crippen LogP contribution in [0.3, 0.4) is 0 Å². The zero-order chi connectivity index (χ0) is 20.3. The Labute approximate surface area is 162 Å². The fourth-order valence-corrected chi connectivity index (χ4v) is 2.84. The molecule has 0 saturated carbocycles. The summed E-state index contributed by atoms with van der Waals surface area (Å²) >= 11 is 0. The highest BCUT2D eigenvalue weighted by Gasteiger charge is 2.20. The molecular formula is C21H20F2N4O. The predicted octanol–water partition coefficient (Wildman–Crippen LogP) is 4.78. The van der Waals surface area contributed by atoms with Crippen LogP contribution in [0.1, 0.15) is 28.7 Å². The number of hydrogen-bond acceptors (Lipinski definition) is 4. The molecule has 3 rings (SSSR count). The van der Waals surface area contributed by atoms with Crippen LogP contribution >= 0.6 is 0 Å². The lowest BCUT2D eigenvalue weighted by Gasteiger charge is -2.21. The standard InChI is InChI=1S/C21H20F2N4O/c1-4-27(15-8-5-7-13(2)11-15)20(28)18-12-14(3)24-21(25-18)26-19-16(22)9-6-10-17(19)23/h5-12H,4H2,1-3H3,(H,24,25,26). The van der Waals surface area contributed by atoms with Crippen LogP contribution in [0.5, 0.6) is 0 Å². The number of amides is 1. The fraction of sp³-hybridized carbons (Fsp3) is 0.190. The van der Waals surface area contributed by atoms with Gasteiger partial charge in [-0.25, -0.2) is 18.7 Å². The Morgan fingerprint density at radius 3 is 2.36 bits per heavy atom. The van der Waals surface area contributed by atoms with E-state index < -0.39 is 11.6 Å². The third kappa shape index (κ3) is 4.14. The zero-order valence-corrected chi connectivity index (χ0v) is 15.8. The number of nitrogens with zero attached hydrogens (tertiary/aromatic N) is 3. The number of rotatable bonds is 5. The number of benzene rings is 2. The average molecular weight is 382 g/mol. The van der Waals surface area contributed by atoms with Gasteiger partial charge in [-0.05, 0) is 56.7 Å². The normalized spacial score (nSPS) is 10.6. The molecule has 2 aromatic carbocycles. The number of aryl methyl sites for hydroxylation is 2. The van der Waals surface area contributed by atoms with Crippen LogP contribution in [0.2, 0.25) is 0 Å². The third-order valence-electron chi connectivity index (χ3n) is 4.15. The molecule has 0 radical (unpaired) electrons. The van der Waals surface area contributed by atoms with Crippen LogP contribution in [0.15, 0.2) is 48.5 Å². The van der Waals surface area contributed by atoms with Crippen LogP contribution in [0, 0.1) is 25.5 Å². The predicted molar refractivity (Wildman–Crippen MR) is 105 cm³/mol. The molecule has 3 aromatic rings. The number of hydrogen-bond donors (Lipinski definition) is 1. The Bertz CT molecular complexity index is 1000. The van der Waals surface area contributed by atoms with E-state index in [1.807, 2.05) is 38.1 Å². The van der Waals surface area contributed by atoms with Crippen LogP contribution in [-0.2, 0) is 0 Å². The molecule has 1 N–H and O–H groups in total. The van der Waals surface area contributed by atoms with Gasteiger partial charge in [0.1, 0.15) is 23.0 Å². The SMILES string of the molecule is CCN(C(=O)c1cc(C)nc(Nc2c(F)cccc2F)n1)c1cccc(C)c1. The smallest absolute Gasteiger partial charge is 0.277 e. The maximum atomic E-state index is 13.9. The van der Waals surface area contributed by atoms with Gasteiger partial charge in [-0.3, -0.25) is 4.79 Å². The molecule has 0 fully saturated rings. The van der Waals surface area contributed by atoms with Crippen LogP contribution in [-0.4, -0.2) is 22.4 Å². The van der Waals surface area contributed by atoms with Gasteiger partial charge in [0, 0.05) is 17.9 Å². The van der Waals surface area contributed by atoms with E-state index in [2.05, 4.69) is 15.3 Å². The van der Waals surface area contributed by atoms with Crippen LogP contribution < -0.4 is 10.2 Å². The minimum Gasteiger partial charge on any atom is -0.319 e. The summed E-state index contributed by atoms with van der Waals surface area (Å²) in [7, 11) is 0. The quantitative estimate of drug-likeness (QED) is 0.690. The van der Waals surface area contributed by atoms with Gasteiger partial charge in [-0.15, -0.1) is 0 Å². The summed E-state index contributed by atoms with van der Waals surface area (Å²) in [5, 5.41) is 2.54. The number of aromatic nitrogens is 2. The Kier molecular flexibility index (Phi) is 5.63. The molecule has 0 atom stereocenters. The Morgan fingerprint density at radius 1 is 1.04 bits per heavy atom. The van der Waals surface area contributed by atoms with Gasteiger partial charge in [-0.1, -0.05) is 18.2 Å². The summed E-state index contributed by atoms with van der Waals surface area (Å²) in [6, 6.07) is 12.6. The van der Waals surface area contributed by atoms with Crippen molar-refractivity contribution in [3.05, 3.63) is 77.1 Å². The molecule has 144 valence electrons. The lowest BCUT2D eigenvalue weighted by atomic mass is 10.2. The van der Waals surface area contributed by atoms with E-state index in [1.54, 1.807) is 17.9 Å². The second-order valence-electron chi connectivity index (χ2n) is 6.33. The largest absolute Gasteiger partial charge is 0.319 e. The van der Waals surface area contributed by atoms with E-state index in [0.29, 0.717) is 12.2 Å². The number of carbonyl (C=O) groups excluding carboxylic acids is 1. The van der Waals surface area contributed by atoms with Gasteiger partial charge < -0.3 is 10.2 Å². The van der Waals surface area contributed by atoms with Gasteiger partial charge >= 0.3 is 0 Å². The molecule has 28 heavy (non-hydrogen) atoms. The van der Waals surface area contributed by atoms with E-state index in [1.165, 1.54) is 6.07 Å². The highest BCUT2D eigenvalue weighted by molar-refractivity contribution is 6.05. The zero-order valence-electron chi connectivity index (χ0n) is 15.8. The maximum absolute atomic E-state index is 13.9. The fourth-order valence-electron chi connectivity index (χ4n) is 2.84. The van der Waals surface area contributed by atoms with Crippen molar-refractivity contribution in [3.8, 4) is 0 Å². The van der Waals surface area contributed by atoms with Crippen molar-refractivity contribution in [1.29, 1.82) is 0 Å². The Hall–Kier alpha value is -3.35. The second kappa shape index (κ2) is 8.12. The minimum absolute atomic E-state index is 0.0485. The molecule has 0 aliphatic heterocycles. The number of para-hydroxylation sites is 1. The summed E-state index contributed by atoms with van der Waals surface area (Å²) in [6.45, 7) is 5.93. The summed E-state index contributed by atoms with van der Waals surface area (Å²) < 4.78 is 27.8. The highest BCUT2D eigenvalue weighted by Crippen LogP contribution is 2.23. The molecule has 7 heteroatoms. The molecule has 0 spiro atoms. The molecule has 0 aliphatic rings. The average Bonchev–Trinajstić information content (AvgIpc) is 2.65. The number of halogens is 2. The first-order valence-corrected chi connectivity index (χ1v) is 8.84. The van der Waals surface area contributed by atoms with E-state index in [0.717, 1.165) is 23.4 Å². The first kappa shape index (κ1) is 19.4. The van der Waals surface area contributed by atoms with E-state index in [9.17, 15) is 13.6 Å². The second-order valence-corrected chi connectivity index (χ2v) is 6.33. The van der Waals surface area contributed by atoms with Crippen molar-refractivity contribution in [2.75, 3.05) is 16.8 Å². The first-order chi connectivity index (χ1) is 13.4. The summed E-state index contributed by atoms with van der Waals surface area (Å²) in [6.07, 6.45) is 0. The molecule has 0 saturated heterocycles. The van der Waals surface area contributed by atoms with E-state index in [4.69, 9.17) is 0 Å². The van der Waals surface area contributed by atoms with Crippen LogP contribution in [0.4, 0.5) is 26.1 Å². The molecule has 0 bridgehead atoms. The van der Waals surface area contributed by atoms with Gasteiger partial charge in [0.25, 0.3) is 5.91 Å². The van der Waals surface area contributed by atoms with Crippen molar-refractivity contribution in [2.24, 2.45) is 0 Å². The van der Waals surface area contributed by atoms with Crippen molar-refractivity contribution in [2.45, 2.75) is 20.8 Å². The molecule has 1 amide bonds. The minimum atomic E-state index is -0.770. The number of carbonyl (C=O) groups is 1.